The number of hydrogen-bond donors (Lipinski definition) is 2. The van der Waals surface area contributed by atoms with Gasteiger partial charge in [-0.05, 0) is 6.07 Å². The Morgan fingerprint density at radius 1 is 1.27 bits per heavy atom. The third-order valence-corrected chi connectivity index (χ3v) is 2.56. The summed E-state index contributed by atoms with van der Waals surface area (Å²) in [5, 5.41) is 22.0. The molecule has 1 aromatic heterocycles. The van der Waals surface area contributed by atoms with Crippen molar-refractivity contribution in [3.05, 3.63) is 62.1 Å². The molecule has 1 aromatic carbocycles. The topological polar surface area (TPSA) is 153 Å². The van der Waals surface area contributed by atoms with E-state index in [1.165, 1.54) is 0 Å². The Morgan fingerprint density at radius 2 is 1.95 bits per heavy atom. The van der Waals surface area contributed by atoms with Gasteiger partial charge in [0.15, 0.2) is 5.76 Å². The number of nitro benzene ring substituents is 1. The molecule has 22 heavy (non-hydrogen) atoms. The maximum absolute atomic E-state index is 11.9. The molecule has 2 N–H and O–H groups in total. The second-order valence-electron chi connectivity index (χ2n) is 4.07. The molecular weight excluding hydrogens is 300 g/mol. The fourth-order valence-electron chi connectivity index (χ4n) is 1.59. The van der Waals surface area contributed by atoms with E-state index in [0.717, 1.165) is 24.5 Å². The van der Waals surface area contributed by atoms with Crippen LogP contribution in [0.15, 0.2) is 38.1 Å². The first-order valence-electron chi connectivity index (χ1n) is 5.75. The van der Waals surface area contributed by atoms with E-state index in [-0.39, 0.29) is 17.9 Å². The molecule has 0 aliphatic carbocycles. The summed E-state index contributed by atoms with van der Waals surface area (Å²) in [7, 11) is 0. The van der Waals surface area contributed by atoms with Crippen LogP contribution in [-0.4, -0.2) is 21.9 Å². The molecule has 10 nitrogen and oxygen atoms in total. The molecule has 0 unspecified atom stereocenters. The van der Waals surface area contributed by atoms with Gasteiger partial charge in [0.2, 0.25) is 0 Å². The van der Waals surface area contributed by atoms with Crippen molar-refractivity contribution >= 4 is 17.6 Å². The summed E-state index contributed by atoms with van der Waals surface area (Å²) >= 11 is 0. The Hall–Kier alpha value is -3.43. The zero-order valence-corrected chi connectivity index (χ0v) is 10.8. The maximum atomic E-state index is 11.9. The smallest absolute Gasteiger partial charge is 0.478 e. The van der Waals surface area contributed by atoms with E-state index in [1.807, 2.05) is 0 Å². The molecule has 0 spiro atoms. The molecule has 2 aromatic rings. The number of rotatable bonds is 5. The number of amides is 1. The van der Waals surface area contributed by atoms with E-state index in [4.69, 9.17) is 5.11 Å². The SMILES string of the molecule is O=C(O)c1cc(C(=O)NCc2coc(=O)o2)cc([N+](=O)[O-])c1. The van der Waals surface area contributed by atoms with Crippen LogP contribution >= 0.6 is 0 Å². The Morgan fingerprint density at radius 3 is 2.50 bits per heavy atom. The van der Waals surface area contributed by atoms with E-state index in [0.29, 0.717) is 0 Å². The van der Waals surface area contributed by atoms with Gasteiger partial charge in [-0.2, -0.15) is 0 Å². The van der Waals surface area contributed by atoms with Crippen LogP contribution in [0.2, 0.25) is 0 Å². The Labute approximate surface area is 121 Å². The largest absolute Gasteiger partial charge is 0.518 e. The highest BCUT2D eigenvalue weighted by Gasteiger charge is 2.17. The fraction of sp³-hybridized carbons (Fsp3) is 0.0833. The number of benzene rings is 1. The molecule has 0 radical (unpaired) electrons. The van der Waals surface area contributed by atoms with Gasteiger partial charge in [-0.15, -0.1) is 0 Å². The average Bonchev–Trinajstić information content (AvgIpc) is 2.89. The first kappa shape index (κ1) is 15.0. The number of carboxylic acid groups (broad SMARTS) is 1. The van der Waals surface area contributed by atoms with E-state index in [9.17, 15) is 24.5 Å². The lowest BCUT2D eigenvalue weighted by molar-refractivity contribution is -0.384. The van der Waals surface area contributed by atoms with Gasteiger partial charge < -0.3 is 19.3 Å². The molecule has 0 bridgehead atoms. The van der Waals surface area contributed by atoms with E-state index < -0.39 is 33.9 Å². The molecule has 0 fully saturated rings. The van der Waals surface area contributed by atoms with Crippen molar-refractivity contribution < 1.29 is 28.5 Å². The van der Waals surface area contributed by atoms with Gasteiger partial charge in [-0.25, -0.2) is 9.59 Å². The minimum absolute atomic E-state index is 0.0437. The lowest BCUT2D eigenvalue weighted by atomic mass is 10.1. The summed E-state index contributed by atoms with van der Waals surface area (Å²) in [4.78, 5) is 43.4. The fourth-order valence-corrected chi connectivity index (χ4v) is 1.59. The van der Waals surface area contributed by atoms with Crippen LogP contribution in [0.1, 0.15) is 26.5 Å². The number of nitro groups is 1. The lowest BCUT2D eigenvalue weighted by Crippen LogP contribution is -2.23. The number of carboxylic acids is 1. The third-order valence-electron chi connectivity index (χ3n) is 2.56. The predicted molar refractivity (Wildman–Crippen MR) is 68.5 cm³/mol. The summed E-state index contributed by atoms with van der Waals surface area (Å²) in [6, 6.07) is 2.78. The molecule has 114 valence electrons. The molecular formula is C12H8N2O8. The Kier molecular flexibility index (Phi) is 4.02. The van der Waals surface area contributed by atoms with E-state index in [1.54, 1.807) is 0 Å². The highest BCUT2D eigenvalue weighted by atomic mass is 16.6. The number of nitrogens with one attached hydrogen (secondary N) is 1. The number of carbonyl (C=O) groups excluding carboxylic acids is 1. The van der Waals surface area contributed by atoms with Crippen molar-refractivity contribution in [2.45, 2.75) is 6.54 Å². The van der Waals surface area contributed by atoms with Crippen LogP contribution in [0.3, 0.4) is 0 Å². The van der Waals surface area contributed by atoms with Gasteiger partial charge in [0.1, 0.15) is 6.26 Å². The second-order valence-corrected chi connectivity index (χ2v) is 4.07. The van der Waals surface area contributed by atoms with E-state index >= 15 is 0 Å². The standard InChI is InChI=1S/C12H8N2O8/c15-10(13-4-9-5-21-12(18)22-9)6-1-7(11(16)17)3-8(2-6)14(19)20/h1-3,5H,4H2,(H,13,15)(H,16,17). The van der Waals surface area contributed by atoms with Gasteiger partial charge in [0.05, 0.1) is 17.0 Å². The van der Waals surface area contributed by atoms with Crippen molar-refractivity contribution in [1.29, 1.82) is 0 Å². The highest BCUT2D eigenvalue weighted by Crippen LogP contribution is 2.17. The first-order valence-corrected chi connectivity index (χ1v) is 5.75. The molecule has 1 amide bonds. The summed E-state index contributed by atoms with van der Waals surface area (Å²) < 4.78 is 8.92. The van der Waals surface area contributed by atoms with Crippen LogP contribution in [0.4, 0.5) is 5.69 Å². The van der Waals surface area contributed by atoms with Crippen LogP contribution in [-0.2, 0) is 6.54 Å². The zero-order chi connectivity index (χ0) is 16.3. The minimum Gasteiger partial charge on any atom is -0.478 e. The number of non-ortho nitro benzene ring substituents is 1. The van der Waals surface area contributed by atoms with Gasteiger partial charge in [-0.1, -0.05) is 0 Å². The van der Waals surface area contributed by atoms with Gasteiger partial charge >= 0.3 is 11.8 Å². The van der Waals surface area contributed by atoms with Crippen molar-refractivity contribution in [2.75, 3.05) is 0 Å². The predicted octanol–water partition coefficient (Wildman–Crippen LogP) is 0.769. The van der Waals surface area contributed by atoms with Gasteiger partial charge in [0, 0.05) is 17.7 Å². The lowest BCUT2D eigenvalue weighted by Gasteiger charge is -2.04. The zero-order valence-electron chi connectivity index (χ0n) is 10.8. The highest BCUT2D eigenvalue weighted by molar-refractivity contribution is 5.98. The summed E-state index contributed by atoms with van der Waals surface area (Å²) in [5.41, 5.74) is -1.13. The second kappa shape index (κ2) is 5.91. The quantitative estimate of drug-likeness (QED) is 0.606. The Balaban J connectivity index is 2.22. The molecule has 0 aliphatic rings. The molecule has 0 aliphatic heterocycles. The van der Waals surface area contributed by atoms with Crippen LogP contribution in [0.25, 0.3) is 0 Å². The molecule has 0 saturated heterocycles. The molecule has 0 atom stereocenters. The number of hydrogen-bond acceptors (Lipinski definition) is 7. The summed E-state index contributed by atoms with van der Waals surface area (Å²) in [5.74, 6) is -3.07. The van der Waals surface area contributed by atoms with Crippen LogP contribution < -0.4 is 11.1 Å². The molecule has 1 heterocycles. The van der Waals surface area contributed by atoms with Crippen molar-refractivity contribution in [3.8, 4) is 0 Å². The van der Waals surface area contributed by atoms with E-state index in [2.05, 4.69) is 14.2 Å². The summed E-state index contributed by atoms with van der Waals surface area (Å²) in [6.07, 6.45) is 0.999. The first-order chi connectivity index (χ1) is 10.4. The van der Waals surface area contributed by atoms with Crippen molar-refractivity contribution in [3.63, 3.8) is 0 Å². The van der Waals surface area contributed by atoms with Crippen molar-refractivity contribution in [2.24, 2.45) is 0 Å². The molecule has 0 saturated carbocycles. The summed E-state index contributed by atoms with van der Waals surface area (Å²) in [6.45, 7) is -0.199. The monoisotopic (exact) mass is 308 g/mol. The van der Waals surface area contributed by atoms with Crippen molar-refractivity contribution in [1.82, 2.24) is 5.32 Å². The number of nitrogens with zero attached hydrogens (tertiary/aromatic N) is 1. The number of carbonyl (C=O) groups is 2. The average molecular weight is 308 g/mol. The Bertz CT molecular complexity index is 771. The minimum atomic E-state index is -1.40. The normalized spacial score (nSPS) is 10.2. The van der Waals surface area contributed by atoms with Gasteiger partial charge in [0.25, 0.3) is 11.6 Å². The maximum Gasteiger partial charge on any atom is 0.518 e. The number of aromatic carboxylic acids is 1. The molecule has 2 rings (SSSR count). The van der Waals surface area contributed by atoms with Gasteiger partial charge in [-0.3, -0.25) is 14.9 Å². The van der Waals surface area contributed by atoms with Crippen LogP contribution in [0.5, 0.6) is 0 Å². The third kappa shape index (κ3) is 3.36. The molecule has 10 heteroatoms. The van der Waals surface area contributed by atoms with Crippen LogP contribution in [0, 0.1) is 10.1 Å².